The molecule has 0 unspecified atom stereocenters. The number of halogens is 1. The van der Waals surface area contributed by atoms with Gasteiger partial charge in [-0.15, -0.1) is 12.4 Å². The molecule has 1 aromatic carbocycles. The van der Waals surface area contributed by atoms with E-state index in [1.165, 1.54) is 18.4 Å². The summed E-state index contributed by atoms with van der Waals surface area (Å²) in [6.45, 7) is 3.97. The van der Waals surface area contributed by atoms with Crippen LogP contribution >= 0.6 is 12.4 Å². The van der Waals surface area contributed by atoms with Crippen LogP contribution in [0.1, 0.15) is 24.1 Å². The summed E-state index contributed by atoms with van der Waals surface area (Å²) in [5.41, 5.74) is 3.03. The second-order valence-corrected chi connectivity index (χ2v) is 6.18. The average Bonchev–Trinajstić information content (AvgIpc) is 3.25. The molecule has 3 rings (SSSR count). The van der Waals surface area contributed by atoms with Crippen molar-refractivity contribution < 1.29 is 9.21 Å². The van der Waals surface area contributed by atoms with Crippen molar-refractivity contribution >= 4 is 18.3 Å². The second-order valence-electron chi connectivity index (χ2n) is 6.18. The van der Waals surface area contributed by atoms with E-state index in [9.17, 15) is 4.79 Å². The molecule has 1 amide bonds. The van der Waals surface area contributed by atoms with Gasteiger partial charge in [0.25, 0.3) is 0 Å². The molecule has 0 spiro atoms. The molecule has 0 atom stereocenters. The zero-order chi connectivity index (χ0) is 16.1. The number of hydrogen-bond donors (Lipinski definition) is 2. The molecule has 1 aliphatic carbocycles. The van der Waals surface area contributed by atoms with E-state index in [-0.39, 0.29) is 18.3 Å². The van der Waals surface area contributed by atoms with Gasteiger partial charge >= 0.3 is 0 Å². The van der Waals surface area contributed by atoms with E-state index in [4.69, 9.17) is 4.42 Å². The second kappa shape index (κ2) is 8.85. The van der Waals surface area contributed by atoms with Gasteiger partial charge in [0.15, 0.2) is 0 Å². The summed E-state index contributed by atoms with van der Waals surface area (Å²) in [7, 11) is 0. The van der Waals surface area contributed by atoms with Gasteiger partial charge in [0.1, 0.15) is 6.26 Å². The molecule has 0 saturated heterocycles. The van der Waals surface area contributed by atoms with Crippen LogP contribution in [0, 0.1) is 12.8 Å². The molecule has 6 heteroatoms. The van der Waals surface area contributed by atoms with Crippen molar-refractivity contribution in [3.8, 4) is 11.5 Å². The van der Waals surface area contributed by atoms with Crippen LogP contribution in [0.5, 0.6) is 0 Å². The topological polar surface area (TPSA) is 67.2 Å². The first kappa shape index (κ1) is 18.5. The van der Waals surface area contributed by atoms with Crippen molar-refractivity contribution in [2.45, 2.75) is 26.2 Å². The van der Waals surface area contributed by atoms with Gasteiger partial charge in [0, 0.05) is 18.5 Å². The monoisotopic (exact) mass is 349 g/mol. The lowest BCUT2D eigenvalue weighted by atomic mass is 10.1. The molecular formula is C18H24ClN3O2. The average molecular weight is 350 g/mol. The number of aryl methyl sites for hydroxylation is 1. The van der Waals surface area contributed by atoms with Crippen LogP contribution in [0.25, 0.3) is 11.5 Å². The molecule has 1 aromatic heterocycles. The third-order valence-corrected chi connectivity index (χ3v) is 3.97. The highest BCUT2D eigenvalue weighted by Gasteiger charge is 2.20. The fourth-order valence-electron chi connectivity index (χ4n) is 2.35. The number of benzene rings is 1. The normalized spacial score (nSPS) is 13.4. The maximum absolute atomic E-state index is 11.7. The molecule has 0 aliphatic heterocycles. The van der Waals surface area contributed by atoms with E-state index in [0.717, 1.165) is 23.7 Å². The number of hydrogen-bond acceptors (Lipinski definition) is 4. The summed E-state index contributed by atoms with van der Waals surface area (Å²) < 4.78 is 5.51. The zero-order valence-electron chi connectivity index (χ0n) is 13.9. The van der Waals surface area contributed by atoms with Crippen molar-refractivity contribution in [1.29, 1.82) is 0 Å². The van der Waals surface area contributed by atoms with E-state index >= 15 is 0 Å². The van der Waals surface area contributed by atoms with Crippen LogP contribution in [-0.4, -0.2) is 30.5 Å². The highest BCUT2D eigenvalue weighted by atomic mass is 35.5. The summed E-state index contributed by atoms with van der Waals surface area (Å²) in [4.78, 5) is 16.1. The molecule has 1 aliphatic rings. The SMILES string of the molecule is Cc1ccc(-c2nc(CCNC(=O)CNCC3CC3)co2)cc1.Cl. The van der Waals surface area contributed by atoms with Gasteiger partial charge in [-0.2, -0.15) is 0 Å². The lowest BCUT2D eigenvalue weighted by Crippen LogP contribution is -2.35. The van der Waals surface area contributed by atoms with Crippen LogP contribution < -0.4 is 10.6 Å². The first-order valence-corrected chi connectivity index (χ1v) is 8.19. The predicted molar refractivity (Wildman–Crippen MR) is 96.2 cm³/mol. The molecule has 1 fully saturated rings. The molecule has 130 valence electrons. The van der Waals surface area contributed by atoms with Gasteiger partial charge in [-0.3, -0.25) is 4.79 Å². The molecule has 0 bridgehead atoms. The summed E-state index contributed by atoms with van der Waals surface area (Å²) in [6.07, 6.45) is 4.92. The Morgan fingerprint density at radius 1 is 1.29 bits per heavy atom. The fourth-order valence-corrected chi connectivity index (χ4v) is 2.35. The van der Waals surface area contributed by atoms with E-state index < -0.39 is 0 Å². The fraction of sp³-hybridized carbons (Fsp3) is 0.444. The van der Waals surface area contributed by atoms with E-state index in [1.807, 2.05) is 31.2 Å². The van der Waals surface area contributed by atoms with Crippen molar-refractivity contribution in [2.24, 2.45) is 5.92 Å². The third kappa shape index (κ3) is 5.65. The van der Waals surface area contributed by atoms with Gasteiger partial charge in [0.2, 0.25) is 11.8 Å². The first-order chi connectivity index (χ1) is 11.2. The Hall–Kier alpha value is -1.85. The largest absolute Gasteiger partial charge is 0.444 e. The number of rotatable bonds is 8. The Morgan fingerprint density at radius 3 is 2.75 bits per heavy atom. The van der Waals surface area contributed by atoms with Gasteiger partial charge in [0.05, 0.1) is 12.2 Å². The Kier molecular flexibility index (Phi) is 6.82. The number of nitrogens with zero attached hydrogens (tertiary/aromatic N) is 1. The summed E-state index contributed by atoms with van der Waals surface area (Å²) in [6, 6.07) is 8.07. The summed E-state index contributed by atoms with van der Waals surface area (Å²) in [5.74, 6) is 1.45. The van der Waals surface area contributed by atoms with Gasteiger partial charge in [-0.05, 0) is 44.4 Å². The summed E-state index contributed by atoms with van der Waals surface area (Å²) in [5, 5.41) is 6.08. The number of oxazole rings is 1. The predicted octanol–water partition coefficient (Wildman–Crippen LogP) is 2.73. The molecule has 1 heterocycles. The molecule has 5 nitrogen and oxygen atoms in total. The number of carbonyl (C=O) groups excluding carboxylic acids is 1. The van der Waals surface area contributed by atoms with Crippen molar-refractivity contribution in [2.75, 3.05) is 19.6 Å². The van der Waals surface area contributed by atoms with Crippen LogP contribution in [0.2, 0.25) is 0 Å². The Morgan fingerprint density at radius 2 is 2.04 bits per heavy atom. The van der Waals surface area contributed by atoms with Crippen LogP contribution in [-0.2, 0) is 11.2 Å². The molecule has 24 heavy (non-hydrogen) atoms. The number of nitrogens with one attached hydrogen (secondary N) is 2. The molecule has 1 saturated carbocycles. The minimum absolute atomic E-state index is 0. The van der Waals surface area contributed by atoms with Crippen LogP contribution in [0.15, 0.2) is 34.9 Å². The molecular weight excluding hydrogens is 326 g/mol. The van der Waals surface area contributed by atoms with Gasteiger partial charge in [-0.25, -0.2) is 4.98 Å². The lowest BCUT2D eigenvalue weighted by Gasteiger charge is -2.05. The zero-order valence-corrected chi connectivity index (χ0v) is 14.7. The number of amides is 1. The number of aromatic nitrogens is 1. The minimum Gasteiger partial charge on any atom is -0.444 e. The van der Waals surface area contributed by atoms with Gasteiger partial charge < -0.3 is 15.1 Å². The third-order valence-electron chi connectivity index (χ3n) is 3.97. The molecule has 2 aromatic rings. The molecule has 0 radical (unpaired) electrons. The quantitative estimate of drug-likeness (QED) is 0.769. The smallest absolute Gasteiger partial charge is 0.233 e. The maximum Gasteiger partial charge on any atom is 0.233 e. The van der Waals surface area contributed by atoms with Crippen LogP contribution in [0.3, 0.4) is 0 Å². The minimum atomic E-state index is 0. The van der Waals surface area contributed by atoms with E-state index in [0.29, 0.717) is 25.4 Å². The highest BCUT2D eigenvalue weighted by molar-refractivity contribution is 5.85. The summed E-state index contributed by atoms with van der Waals surface area (Å²) >= 11 is 0. The lowest BCUT2D eigenvalue weighted by molar-refractivity contribution is -0.120. The standard InChI is InChI=1S/C18H23N3O2.ClH/c1-13-2-6-15(7-3-13)18-21-16(12-23-18)8-9-20-17(22)11-19-10-14-4-5-14;/h2-3,6-7,12,14,19H,4-5,8-11H2,1H3,(H,20,22);1H. The Labute approximate surface area is 148 Å². The Balaban J connectivity index is 0.00000208. The van der Waals surface area contributed by atoms with Crippen molar-refractivity contribution in [3.05, 3.63) is 41.8 Å². The maximum atomic E-state index is 11.7. The highest BCUT2D eigenvalue weighted by Crippen LogP contribution is 2.27. The Bertz CT molecular complexity index is 651. The van der Waals surface area contributed by atoms with Crippen LogP contribution in [0.4, 0.5) is 0 Å². The van der Waals surface area contributed by atoms with E-state index in [1.54, 1.807) is 6.26 Å². The van der Waals surface area contributed by atoms with Crippen molar-refractivity contribution in [1.82, 2.24) is 15.6 Å². The van der Waals surface area contributed by atoms with Gasteiger partial charge in [-0.1, -0.05) is 17.7 Å². The van der Waals surface area contributed by atoms with Crippen molar-refractivity contribution in [3.63, 3.8) is 0 Å². The number of carbonyl (C=O) groups is 1. The first-order valence-electron chi connectivity index (χ1n) is 8.19. The van der Waals surface area contributed by atoms with E-state index in [2.05, 4.69) is 15.6 Å². The molecule has 2 N–H and O–H groups in total.